The lowest BCUT2D eigenvalue weighted by Crippen LogP contribution is -2.27. The Morgan fingerprint density at radius 1 is 1.04 bits per heavy atom. The van der Waals surface area contributed by atoms with Crippen molar-refractivity contribution in [3.05, 3.63) is 65.7 Å². The summed E-state index contributed by atoms with van der Waals surface area (Å²) in [5.74, 6) is 0.642. The van der Waals surface area contributed by atoms with Crippen LogP contribution in [0.4, 0.5) is 5.95 Å². The van der Waals surface area contributed by atoms with E-state index in [-0.39, 0.29) is 6.04 Å². The number of para-hydroxylation sites is 1. The van der Waals surface area contributed by atoms with E-state index >= 15 is 0 Å². The van der Waals surface area contributed by atoms with Gasteiger partial charge in [-0.2, -0.15) is 4.68 Å². The fourth-order valence-electron chi connectivity index (χ4n) is 2.80. The number of tetrazole rings is 1. The van der Waals surface area contributed by atoms with Crippen LogP contribution < -0.4 is 5.32 Å². The van der Waals surface area contributed by atoms with Crippen LogP contribution in [0.5, 0.6) is 0 Å². The van der Waals surface area contributed by atoms with Gasteiger partial charge in [-0.1, -0.05) is 54.5 Å². The van der Waals surface area contributed by atoms with Gasteiger partial charge < -0.3 is 10.2 Å². The van der Waals surface area contributed by atoms with Gasteiger partial charge in [0.15, 0.2) is 0 Å². The minimum absolute atomic E-state index is 0.229. The summed E-state index contributed by atoms with van der Waals surface area (Å²) in [5, 5.41) is 15.4. The van der Waals surface area contributed by atoms with Gasteiger partial charge >= 0.3 is 0 Å². The smallest absolute Gasteiger partial charge is 0.247 e. The zero-order chi connectivity index (χ0) is 17.6. The maximum Gasteiger partial charge on any atom is 0.247 e. The molecule has 0 fully saturated rings. The van der Waals surface area contributed by atoms with E-state index < -0.39 is 0 Å². The van der Waals surface area contributed by atoms with Gasteiger partial charge in [0, 0.05) is 6.54 Å². The van der Waals surface area contributed by atoms with Gasteiger partial charge in [-0.3, -0.25) is 0 Å². The van der Waals surface area contributed by atoms with Crippen molar-refractivity contribution in [3.63, 3.8) is 0 Å². The number of rotatable bonds is 7. The number of aromatic nitrogens is 4. The van der Waals surface area contributed by atoms with Crippen LogP contribution in [0.3, 0.4) is 0 Å². The summed E-state index contributed by atoms with van der Waals surface area (Å²) in [4.78, 5) is 2.20. The van der Waals surface area contributed by atoms with Crippen LogP contribution in [0, 0.1) is 0 Å². The van der Waals surface area contributed by atoms with Gasteiger partial charge in [0.05, 0.1) is 11.7 Å². The van der Waals surface area contributed by atoms with Gasteiger partial charge in [0.1, 0.15) is 0 Å². The monoisotopic (exact) mass is 336 g/mol. The molecule has 1 N–H and O–H groups in total. The Labute approximate surface area is 148 Å². The molecule has 3 rings (SSSR count). The number of anilines is 1. The van der Waals surface area contributed by atoms with Gasteiger partial charge in [-0.25, -0.2) is 0 Å². The second-order valence-corrected chi connectivity index (χ2v) is 6.21. The molecule has 1 atom stereocenters. The Bertz CT molecular complexity index is 779. The van der Waals surface area contributed by atoms with Crippen molar-refractivity contribution in [1.29, 1.82) is 0 Å². The molecule has 3 aromatic rings. The Balaban J connectivity index is 1.75. The molecule has 0 aliphatic heterocycles. The average molecular weight is 336 g/mol. The van der Waals surface area contributed by atoms with Crippen molar-refractivity contribution in [2.75, 3.05) is 26.0 Å². The van der Waals surface area contributed by atoms with Crippen molar-refractivity contribution in [2.24, 2.45) is 0 Å². The lowest BCUT2D eigenvalue weighted by atomic mass is 10.0. The first-order valence-electron chi connectivity index (χ1n) is 8.52. The van der Waals surface area contributed by atoms with Crippen molar-refractivity contribution in [3.8, 4) is 5.69 Å². The summed E-state index contributed by atoms with van der Waals surface area (Å²) in [6.45, 7) is 2.88. The molecule has 130 valence electrons. The predicted molar refractivity (Wildman–Crippen MR) is 99.9 cm³/mol. The highest BCUT2D eigenvalue weighted by Crippen LogP contribution is 2.20. The third-order valence-corrected chi connectivity index (χ3v) is 4.32. The SMILES string of the molecule is CCc1ccc([C@@H](CNc2nnnn2-c2ccccc2)N(C)C)cc1. The number of nitrogens with one attached hydrogen (secondary N) is 1. The molecular weight excluding hydrogens is 312 g/mol. The molecule has 0 bridgehead atoms. The molecule has 1 heterocycles. The maximum absolute atomic E-state index is 4.12. The molecule has 0 saturated carbocycles. The predicted octanol–water partition coefficient (Wildman–Crippen LogP) is 2.94. The molecule has 0 radical (unpaired) electrons. The fraction of sp³-hybridized carbons (Fsp3) is 0.316. The number of hydrogen-bond donors (Lipinski definition) is 1. The third kappa shape index (κ3) is 4.03. The highest BCUT2D eigenvalue weighted by atomic mass is 15.6. The Kier molecular flexibility index (Phi) is 5.40. The van der Waals surface area contributed by atoms with Crippen LogP contribution in [-0.2, 0) is 6.42 Å². The Hall–Kier alpha value is -2.73. The van der Waals surface area contributed by atoms with Crippen molar-refractivity contribution >= 4 is 5.95 Å². The van der Waals surface area contributed by atoms with Gasteiger partial charge in [0.25, 0.3) is 0 Å². The first-order chi connectivity index (χ1) is 12.2. The first-order valence-corrected chi connectivity index (χ1v) is 8.52. The summed E-state index contributed by atoms with van der Waals surface area (Å²) >= 11 is 0. The van der Waals surface area contributed by atoms with Gasteiger partial charge in [-0.15, -0.1) is 0 Å². The molecule has 0 saturated heterocycles. The van der Waals surface area contributed by atoms with Crippen LogP contribution in [0.1, 0.15) is 24.1 Å². The highest BCUT2D eigenvalue weighted by Gasteiger charge is 2.16. The number of likely N-dealkylation sites (N-methyl/N-ethyl adjacent to an activating group) is 1. The quantitative estimate of drug-likeness (QED) is 0.719. The second-order valence-electron chi connectivity index (χ2n) is 6.21. The lowest BCUT2D eigenvalue weighted by molar-refractivity contribution is 0.311. The molecular formula is C19H24N6. The van der Waals surface area contributed by atoms with Crippen LogP contribution >= 0.6 is 0 Å². The first kappa shape index (κ1) is 17.1. The number of aryl methyl sites for hydroxylation is 1. The largest absolute Gasteiger partial charge is 0.351 e. The normalized spacial score (nSPS) is 12.3. The van der Waals surface area contributed by atoms with Crippen LogP contribution in [0.15, 0.2) is 54.6 Å². The number of hydrogen-bond acceptors (Lipinski definition) is 5. The number of benzene rings is 2. The minimum Gasteiger partial charge on any atom is -0.351 e. The van der Waals surface area contributed by atoms with E-state index in [1.165, 1.54) is 11.1 Å². The topological polar surface area (TPSA) is 58.9 Å². The van der Waals surface area contributed by atoms with E-state index in [0.717, 1.165) is 12.1 Å². The van der Waals surface area contributed by atoms with E-state index in [4.69, 9.17) is 0 Å². The fourth-order valence-corrected chi connectivity index (χ4v) is 2.80. The van der Waals surface area contributed by atoms with E-state index in [0.29, 0.717) is 12.5 Å². The van der Waals surface area contributed by atoms with E-state index in [9.17, 15) is 0 Å². The third-order valence-electron chi connectivity index (χ3n) is 4.32. The molecule has 1 aromatic heterocycles. The minimum atomic E-state index is 0.229. The molecule has 0 amide bonds. The van der Waals surface area contributed by atoms with Crippen LogP contribution in [-0.4, -0.2) is 45.7 Å². The molecule has 0 unspecified atom stereocenters. The van der Waals surface area contributed by atoms with E-state index in [1.807, 2.05) is 30.3 Å². The second kappa shape index (κ2) is 7.90. The van der Waals surface area contributed by atoms with Crippen molar-refractivity contribution < 1.29 is 0 Å². The van der Waals surface area contributed by atoms with Crippen molar-refractivity contribution in [1.82, 2.24) is 25.1 Å². The molecule has 25 heavy (non-hydrogen) atoms. The molecule has 6 heteroatoms. The molecule has 6 nitrogen and oxygen atoms in total. The zero-order valence-corrected chi connectivity index (χ0v) is 14.9. The summed E-state index contributed by atoms with van der Waals surface area (Å²) in [6.07, 6.45) is 1.05. The van der Waals surface area contributed by atoms with E-state index in [2.05, 4.69) is 71.0 Å². The van der Waals surface area contributed by atoms with Crippen LogP contribution in [0.25, 0.3) is 5.69 Å². The summed E-state index contributed by atoms with van der Waals surface area (Å²) < 4.78 is 1.72. The Morgan fingerprint density at radius 3 is 2.40 bits per heavy atom. The summed E-state index contributed by atoms with van der Waals surface area (Å²) in [6, 6.07) is 18.9. The number of nitrogens with zero attached hydrogens (tertiary/aromatic N) is 5. The lowest BCUT2D eigenvalue weighted by Gasteiger charge is -2.25. The Morgan fingerprint density at radius 2 is 1.76 bits per heavy atom. The molecule has 0 aliphatic carbocycles. The standard InChI is InChI=1S/C19H24N6/c1-4-15-10-12-16(13-11-15)18(24(2)3)14-20-19-21-22-23-25(19)17-8-6-5-7-9-17/h5-13,18H,4,14H2,1-3H3,(H,20,21,23)/t18-/m1/s1. The van der Waals surface area contributed by atoms with Gasteiger partial charge in [-0.05, 0) is 54.2 Å². The molecule has 2 aromatic carbocycles. The average Bonchev–Trinajstić information content (AvgIpc) is 3.11. The van der Waals surface area contributed by atoms with Crippen molar-refractivity contribution in [2.45, 2.75) is 19.4 Å². The zero-order valence-electron chi connectivity index (χ0n) is 14.9. The van der Waals surface area contributed by atoms with Crippen LogP contribution in [0.2, 0.25) is 0 Å². The van der Waals surface area contributed by atoms with Gasteiger partial charge in [0.2, 0.25) is 5.95 Å². The molecule has 0 spiro atoms. The summed E-state index contributed by atoms with van der Waals surface area (Å²) in [7, 11) is 4.17. The van der Waals surface area contributed by atoms with E-state index in [1.54, 1.807) is 4.68 Å². The maximum atomic E-state index is 4.12. The molecule has 0 aliphatic rings. The summed E-state index contributed by atoms with van der Waals surface area (Å²) in [5.41, 5.74) is 3.55. The highest BCUT2D eigenvalue weighted by molar-refractivity contribution is 5.38.